The van der Waals surface area contributed by atoms with E-state index >= 15 is 0 Å². The van der Waals surface area contributed by atoms with Gasteiger partial charge in [0.2, 0.25) is 0 Å². The van der Waals surface area contributed by atoms with E-state index in [-0.39, 0.29) is 6.04 Å². The predicted molar refractivity (Wildman–Crippen MR) is 33.6 cm³/mol. The van der Waals surface area contributed by atoms with Crippen LogP contribution in [0.5, 0.6) is 0 Å². The van der Waals surface area contributed by atoms with E-state index in [1.807, 2.05) is 0 Å². The summed E-state index contributed by atoms with van der Waals surface area (Å²) in [6, 6.07) is 0.204. The van der Waals surface area contributed by atoms with Gasteiger partial charge in [0.05, 0.1) is 0 Å². The normalized spacial score (nSPS) is 31.5. The zero-order valence-corrected chi connectivity index (χ0v) is 5.35. The van der Waals surface area contributed by atoms with Gasteiger partial charge in [-0.1, -0.05) is 6.92 Å². The van der Waals surface area contributed by atoms with Crippen molar-refractivity contribution in [2.24, 2.45) is 0 Å². The van der Waals surface area contributed by atoms with Gasteiger partial charge in [0, 0.05) is 12.6 Å². The number of rotatable bonds is 1. The second-order valence-electron chi connectivity index (χ2n) is 2.38. The largest absolute Gasteiger partial charge is 0.302 e. The van der Waals surface area contributed by atoms with Gasteiger partial charge >= 0.3 is 0 Å². The van der Waals surface area contributed by atoms with Crippen LogP contribution in [0.15, 0.2) is 0 Å². The molecule has 1 aliphatic heterocycles. The maximum atomic E-state index is 7.32. The van der Waals surface area contributed by atoms with E-state index in [0.29, 0.717) is 0 Å². The van der Waals surface area contributed by atoms with Gasteiger partial charge in [0.1, 0.15) is 0 Å². The molecular weight excluding hydrogens is 100 g/mol. The Hall–Kier alpha value is -0.0800. The highest BCUT2D eigenvalue weighted by Crippen LogP contribution is 2.05. The molecule has 0 bridgehead atoms. The molecule has 1 saturated heterocycles. The van der Waals surface area contributed by atoms with Gasteiger partial charge in [-0.2, -0.15) is 0 Å². The first-order valence-corrected chi connectivity index (χ1v) is 3.26. The van der Waals surface area contributed by atoms with Crippen molar-refractivity contribution < 1.29 is 0 Å². The van der Waals surface area contributed by atoms with E-state index in [1.54, 1.807) is 0 Å². The molecule has 0 amide bonds. The van der Waals surface area contributed by atoms with Crippen LogP contribution in [-0.4, -0.2) is 30.6 Å². The molecule has 1 fully saturated rings. The summed E-state index contributed by atoms with van der Waals surface area (Å²) in [6.07, 6.45) is 1.08. The lowest BCUT2D eigenvalue weighted by Crippen LogP contribution is -2.21. The van der Waals surface area contributed by atoms with Crippen molar-refractivity contribution in [3.05, 3.63) is 0 Å². The monoisotopic (exact) mass is 113 g/mol. The first-order valence-electron chi connectivity index (χ1n) is 3.26. The molecule has 1 N–H and O–H groups in total. The summed E-state index contributed by atoms with van der Waals surface area (Å²) in [6.45, 7) is 5.41. The van der Waals surface area contributed by atoms with Crippen molar-refractivity contribution in [1.82, 2.24) is 10.6 Å². The van der Waals surface area contributed by atoms with E-state index in [4.69, 9.17) is 5.73 Å². The Balaban J connectivity index is 2.22. The predicted octanol–water partition coefficient (Wildman–Crippen LogP) is 0.363. The molecule has 0 aromatic carbocycles. The molecule has 2 heteroatoms. The van der Waals surface area contributed by atoms with Gasteiger partial charge in [-0.15, -0.1) is 0 Å². The first kappa shape index (κ1) is 6.05. The second-order valence-corrected chi connectivity index (χ2v) is 2.38. The standard InChI is InChI=1S/C6H13N2/c1-2-8-4-3-6(7)5-8/h6-7H,2-5H2,1H3. The molecule has 2 nitrogen and oxygen atoms in total. The minimum absolute atomic E-state index is 0.204. The molecule has 0 spiro atoms. The zero-order valence-electron chi connectivity index (χ0n) is 5.35. The minimum Gasteiger partial charge on any atom is -0.302 e. The van der Waals surface area contributed by atoms with Crippen LogP contribution >= 0.6 is 0 Å². The Morgan fingerprint density at radius 1 is 1.75 bits per heavy atom. The van der Waals surface area contributed by atoms with Crippen molar-refractivity contribution in [3.8, 4) is 0 Å². The van der Waals surface area contributed by atoms with E-state index in [1.165, 1.54) is 0 Å². The lowest BCUT2D eigenvalue weighted by atomic mass is 10.3. The number of hydrogen-bond acceptors (Lipinski definition) is 1. The van der Waals surface area contributed by atoms with Gasteiger partial charge in [0.15, 0.2) is 0 Å². The molecule has 1 unspecified atom stereocenters. The number of nitrogens with one attached hydrogen (secondary N) is 1. The van der Waals surface area contributed by atoms with Crippen LogP contribution in [0.3, 0.4) is 0 Å². The third-order valence-electron chi connectivity index (χ3n) is 1.72. The van der Waals surface area contributed by atoms with Crippen LogP contribution in [-0.2, 0) is 0 Å². The fourth-order valence-corrected chi connectivity index (χ4v) is 1.12. The molecule has 8 heavy (non-hydrogen) atoms. The van der Waals surface area contributed by atoms with Crippen molar-refractivity contribution >= 4 is 0 Å². The van der Waals surface area contributed by atoms with Crippen molar-refractivity contribution in [1.29, 1.82) is 0 Å². The molecule has 1 aliphatic rings. The summed E-state index contributed by atoms with van der Waals surface area (Å²) in [7, 11) is 0. The third-order valence-corrected chi connectivity index (χ3v) is 1.72. The maximum absolute atomic E-state index is 7.32. The van der Waals surface area contributed by atoms with Crippen LogP contribution in [0.4, 0.5) is 0 Å². The van der Waals surface area contributed by atoms with Crippen LogP contribution < -0.4 is 5.73 Å². The lowest BCUT2D eigenvalue weighted by Gasteiger charge is -2.09. The Morgan fingerprint density at radius 2 is 2.50 bits per heavy atom. The molecular formula is C6H13N2. The smallest absolute Gasteiger partial charge is 0.0352 e. The molecule has 1 heterocycles. The van der Waals surface area contributed by atoms with Crippen LogP contribution in [0, 0.1) is 0 Å². The number of likely N-dealkylation sites (N-methyl/N-ethyl adjacent to an activating group) is 1. The van der Waals surface area contributed by atoms with Crippen molar-refractivity contribution in [3.63, 3.8) is 0 Å². The highest BCUT2D eigenvalue weighted by molar-refractivity contribution is 4.75. The van der Waals surface area contributed by atoms with Crippen LogP contribution in [0.25, 0.3) is 0 Å². The molecule has 47 valence electrons. The first-order chi connectivity index (χ1) is 3.83. The molecule has 0 aromatic heterocycles. The average molecular weight is 113 g/mol. The highest BCUT2D eigenvalue weighted by Gasteiger charge is 2.16. The van der Waals surface area contributed by atoms with Gasteiger partial charge in [-0.05, 0) is 19.5 Å². The molecule has 0 saturated carbocycles. The molecule has 0 aliphatic carbocycles. The van der Waals surface area contributed by atoms with E-state index in [2.05, 4.69) is 11.8 Å². The van der Waals surface area contributed by atoms with Gasteiger partial charge < -0.3 is 4.90 Å². The second kappa shape index (κ2) is 2.46. The maximum Gasteiger partial charge on any atom is 0.0352 e. The lowest BCUT2D eigenvalue weighted by molar-refractivity contribution is 0.353. The Labute approximate surface area is 50.7 Å². The summed E-state index contributed by atoms with van der Waals surface area (Å²) in [5.41, 5.74) is 7.32. The summed E-state index contributed by atoms with van der Waals surface area (Å²) in [5, 5.41) is 0. The van der Waals surface area contributed by atoms with Gasteiger partial charge in [-0.25, -0.2) is 0 Å². The van der Waals surface area contributed by atoms with E-state index in [0.717, 1.165) is 26.1 Å². The zero-order chi connectivity index (χ0) is 5.98. The van der Waals surface area contributed by atoms with Gasteiger partial charge in [0.25, 0.3) is 0 Å². The number of hydrogen-bond donors (Lipinski definition) is 0. The Kier molecular flexibility index (Phi) is 1.86. The Morgan fingerprint density at radius 3 is 2.75 bits per heavy atom. The van der Waals surface area contributed by atoms with Gasteiger partial charge in [-0.3, -0.25) is 5.73 Å². The highest BCUT2D eigenvalue weighted by atomic mass is 15.2. The van der Waals surface area contributed by atoms with Crippen molar-refractivity contribution in [2.75, 3.05) is 19.6 Å². The minimum atomic E-state index is 0.204. The summed E-state index contributed by atoms with van der Waals surface area (Å²) >= 11 is 0. The SMILES string of the molecule is CCN1CCC([NH])C1. The fourth-order valence-electron chi connectivity index (χ4n) is 1.12. The van der Waals surface area contributed by atoms with E-state index < -0.39 is 0 Å². The van der Waals surface area contributed by atoms with Crippen LogP contribution in [0.2, 0.25) is 0 Å². The summed E-state index contributed by atoms with van der Waals surface area (Å²) in [4.78, 5) is 2.32. The molecule has 1 radical (unpaired) electrons. The van der Waals surface area contributed by atoms with Crippen LogP contribution in [0.1, 0.15) is 13.3 Å². The topological polar surface area (TPSA) is 27.0 Å². The third kappa shape index (κ3) is 1.20. The van der Waals surface area contributed by atoms with E-state index in [9.17, 15) is 0 Å². The number of likely N-dealkylation sites (tertiary alicyclic amines) is 1. The molecule has 0 aromatic rings. The fraction of sp³-hybridized carbons (Fsp3) is 1.00. The molecule has 1 rings (SSSR count). The molecule has 1 atom stereocenters. The number of nitrogens with zero attached hydrogens (tertiary/aromatic N) is 1. The summed E-state index contributed by atoms with van der Waals surface area (Å²) in [5.74, 6) is 0. The van der Waals surface area contributed by atoms with Crippen molar-refractivity contribution in [2.45, 2.75) is 19.4 Å². The quantitative estimate of drug-likeness (QED) is 0.482. The average Bonchev–Trinajstić information content (AvgIpc) is 2.14. The summed E-state index contributed by atoms with van der Waals surface area (Å²) < 4.78 is 0. The Bertz CT molecular complexity index is 72.9.